The van der Waals surface area contributed by atoms with Gasteiger partial charge >= 0.3 is 0 Å². The van der Waals surface area contributed by atoms with Crippen molar-refractivity contribution < 1.29 is 9.59 Å². The Morgan fingerprint density at radius 1 is 1.21 bits per heavy atom. The minimum atomic E-state index is -0.203. The molecule has 19 heavy (non-hydrogen) atoms. The van der Waals surface area contributed by atoms with Gasteiger partial charge in [-0.2, -0.15) is 0 Å². The van der Waals surface area contributed by atoms with Gasteiger partial charge in [-0.3, -0.25) is 9.59 Å². The number of benzene rings is 1. The molecule has 0 heterocycles. The van der Waals surface area contributed by atoms with Crippen molar-refractivity contribution in [1.29, 1.82) is 0 Å². The van der Waals surface area contributed by atoms with Crippen molar-refractivity contribution in [2.24, 2.45) is 0 Å². The maximum absolute atomic E-state index is 11.8. The third-order valence-electron chi connectivity index (χ3n) is 2.56. The molecule has 1 aromatic carbocycles. The molecule has 0 spiro atoms. The van der Waals surface area contributed by atoms with E-state index in [0.29, 0.717) is 0 Å². The molecular weight excluding hydrogens is 308 g/mol. The first-order valence-electron chi connectivity index (χ1n) is 5.79. The number of carbonyl (C=O) groups excluding carboxylic acids is 2. The Labute approximate surface area is 121 Å². The number of likely N-dealkylation sites (N-methyl/N-ethyl adjacent to an activating group) is 2. The Hall–Kier alpha value is -1.62. The summed E-state index contributed by atoms with van der Waals surface area (Å²) in [5.74, 6) is -0.309. The summed E-state index contributed by atoms with van der Waals surface area (Å²) >= 11 is 3.41. The number of amides is 2. The maximum Gasteiger partial charge on any atom is 0.246 e. The lowest BCUT2D eigenvalue weighted by atomic mass is 10.2. The van der Waals surface area contributed by atoms with Crippen LogP contribution in [0.4, 0.5) is 0 Å². The van der Waals surface area contributed by atoms with Gasteiger partial charge in [-0.05, 0) is 17.7 Å². The smallest absolute Gasteiger partial charge is 0.246 e. The van der Waals surface area contributed by atoms with Crippen molar-refractivity contribution in [2.75, 3.05) is 27.7 Å². The van der Waals surface area contributed by atoms with Gasteiger partial charge in [-0.15, -0.1) is 0 Å². The van der Waals surface area contributed by atoms with Gasteiger partial charge in [0.25, 0.3) is 0 Å². The quantitative estimate of drug-likeness (QED) is 0.795. The van der Waals surface area contributed by atoms with E-state index < -0.39 is 0 Å². The van der Waals surface area contributed by atoms with Crippen molar-refractivity contribution in [3.63, 3.8) is 0 Å². The van der Waals surface area contributed by atoms with Gasteiger partial charge in [0.05, 0.1) is 6.54 Å². The van der Waals surface area contributed by atoms with Crippen LogP contribution in [0.15, 0.2) is 34.8 Å². The highest BCUT2D eigenvalue weighted by atomic mass is 79.9. The molecule has 1 rings (SSSR count). The lowest BCUT2D eigenvalue weighted by molar-refractivity contribution is -0.135. The summed E-state index contributed by atoms with van der Waals surface area (Å²) in [6.07, 6.45) is 3.19. The summed E-state index contributed by atoms with van der Waals surface area (Å²) in [7, 11) is 4.93. The average molecular weight is 325 g/mol. The zero-order valence-corrected chi connectivity index (χ0v) is 12.8. The Morgan fingerprint density at radius 3 is 2.42 bits per heavy atom. The molecule has 0 aliphatic carbocycles. The molecule has 0 aliphatic heterocycles. The highest BCUT2D eigenvalue weighted by Gasteiger charge is 2.11. The fourth-order valence-electron chi connectivity index (χ4n) is 1.32. The van der Waals surface area contributed by atoms with E-state index in [-0.39, 0.29) is 18.4 Å². The summed E-state index contributed by atoms with van der Waals surface area (Å²) < 4.78 is 0.922. The first-order chi connectivity index (χ1) is 8.91. The van der Waals surface area contributed by atoms with Crippen molar-refractivity contribution in [1.82, 2.24) is 9.80 Å². The van der Waals surface area contributed by atoms with Gasteiger partial charge < -0.3 is 9.80 Å². The molecular formula is C14H17BrN2O2. The molecule has 0 unspecified atom stereocenters. The molecule has 2 amide bonds. The fourth-order valence-corrected chi connectivity index (χ4v) is 1.74. The van der Waals surface area contributed by atoms with Crippen molar-refractivity contribution >= 4 is 33.8 Å². The molecule has 0 atom stereocenters. The number of nitrogens with zero attached hydrogens (tertiary/aromatic N) is 2. The van der Waals surface area contributed by atoms with Crippen LogP contribution in [0.2, 0.25) is 0 Å². The zero-order valence-electron chi connectivity index (χ0n) is 11.3. The standard InChI is InChI=1S/C14H17BrN2O2/c1-16(2)14(19)10-17(3)13(18)9-8-11-6-4-5-7-12(11)15/h4-9H,10H2,1-3H3/b9-8+. The highest BCUT2D eigenvalue weighted by molar-refractivity contribution is 9.10. The topological polar surface area (TPSA) is 40.6 Å². The lowest BCUT2D eigenvalue weighted by Gasteiger charge is -2.17. The van der Waals surface area contributed by atoms with Crippen LogP contribution >= 0.6 is 15.9 Å². The number of carbonyl (C=O) groups is 2. The summed E-state index contributed by atoms with van der Waals surface area (Å²) in [6.45, 7) is 0.0755. The van der Waals surface area contributed by atoms with E-state index >= 15 is 0 Å². The van der Waals surface area contributed by atoms with Gasteiger partial charge in [-0.25, -0.2) is 0 Å². The van der Waals surface area contributed by atoms with Crippen LogP contribution in [-0.4, -0.2) is 49.3 Å². The summed E-state index contributed by atoms with van der Waals surface area (Å²) in [4.78, 5) is 26.2. The molecule has 1 aromatic rings. The second kappa shape index (κ2) is 7.09. The van der Waals surface area contributed by atoms with E-state index in [0.717, 1.165) is 10.0 Å². The van der Waals surface area contributed by atoms with Gasteiger partial charge in [0, 0.05) is 31.7 Å². The van der Waals surface area contributed by atoms with Crippen molar-refractivity contribution in [3.8, 4) is 0 Å². The van der Waals surface area contributed by atoms with E-state index in [4.69, 9.17) is 0 Å². The highest BCUT2D eigenvalue weighted by Crippen LogP contribution is 2.17. The zero-order chi connectivity index (χ0) is 14.4. The molecule has 0 fully saturated rings. The summed E-state index contributed by atoms with van der Waals surface area (Å²) in [6, 6.07) is 7.61. The van der Waals surface area contributed by atoms with Crippen LogP contribution in [-0.2, 0) is 9.59 Å². The van der Waals surface area contributed by atoms with Crippen LogP contribution < -0.4 is 0 Å². The van der Waals surface area contributed by atoms with Gasteiger partial charge in [-0.1, -0.05) is 34.1 Å². The van der Waals surface area contributed by atoms with Crippen molar-refractivity contribution in [2.45, 2.75) is 0 Å². The summed E-state index contributed by atoms with van der Waals surface area (Å²) in [5, 5.41) is 0. The first-order valence-corrected chi connectivity index (χ1v) is 6.59. The fraction of sp³-hybridized carbons (Fsp3) is 0.286. The van der Waals surface area contributed by atoms with Gasteiger partial charge in [0.15, 0.2) is 0 Å². The van der Waals surface area contributed by atoms with Crippen LogP contribution in [0.1, 0.15) is 5.56 Å². The van der Waals surface area contributed by atoms with E-state index in [2.05, 4.69) is 15.9 Å². The van der Waals surface area contributed by atoms with E-state index in [9.17, 15) is 9.59 Å². The number of rotatable bonds is 4. The molecule has 0 bridgehead atoms. The third kappa shape index (κ3) is 4.87. The molecule has 0 radical (unpaired) electrons. The Balaban J connectivity index is 2.64. The van der Waals surface area contributed by atoms with E-state index in [1.807, 2.05) is 24.3 Å². The van der Waals surface area contributed by atoms with Crippen LogP contribution in [0.5, 0.6) is 0 Å². The largest absolute Gasteiger partial charge is 0.347 e. The predicted molar refractivity (Wildman–Crippen MR) is 79.5 cm³/mol. The molecule has 0 N–H and O–H groups in total. The normalized spacial score (nSPS) is 10.5. The third-order valence-corrected chi connectivity index (χ3v) is 3.28. The lowest BCUT2D eigenvalue weighted by Crippen LogP contribution is -2.36. The second-order valence-corrected chi connectivity index (χ2v) is 5.19. The SMILES string of the molecule is CN(C)C(=O)CN(C)C(=O)/C=C/c1ccccc1Br. The first kappa shape index (κ1) is 15.4. The second-order valence-electron chi connectivity index (χ2n) is 4.34. The van der Waals surface area contributed by atoms with Gasteiger partial charge in [0.2, 0.25) is 11.8 Å². The molecule has 102 valence electrons. The van der Waals surface area contributed by atoms with Crippen LogP contribution in [0.25, 0.3) is 6.08 Å². The Morgan fingerprint density at radius 2 is 1.84 bits per heavy atom. The Kier molecular flexibility index (Phi) is 5.76. The van der Waals surface area contributed by atoms with Crippen molar-refractivity contribution in [3.05, 3.63) is 40.4 Å². The average Bonchev–Trinajstić information content (AvgIpc) is 2.37. The minimum Gasteiger partial charge on any atom is -0.347 e. The molecule has 5 heteroatoms. The van der Waals surface area contributed by atoms with Crippen LogP contribution in [0, 0.1) is 0 Å². The number of hydrogen-bond acceptors (Lipinski definition) is 2. The summed E-state index contributed by atoms with van der Waals surface area (Å²) in [5.41, 5.74) is 0.920. The van der Waals surface area contributed by atoms with Crippen LogP contribution in [0.3, 0.4) is 0 Å². The monoisotopic (exact) mass is 324 g/mol. The number of halogens is 1. The number of hydrogen-bond donors (Lipinski definition) is 0. The minimum absolute atomic E-state index is 0.0755. The van der Waals surface area contributed by atoms with Gasteiger partial charge in [0.1, 0.15) is 0 Å². The predicted octanol–water partition coefficient (Wildman–Crippen LogP) is 2.01. The molecule has 0 saturated carbocycles. The maximum atomic E-state index is 11.8. The molecule has 0 aliphatic rings. The molecule has 4 nitrogen and oxygen atoms in total. The molecule has 0 aromatic heterocycles. The Bertz CT molecular complexity index is 498. The van der Waals surface area contributed by atoms with E-state index in [1.165, 1.54) is 15.9 Å². The van der Waals surface area contributed by atoms with E-state index in [1.54, 1.807) is 27.2 Å². The molecule has 0 saturated heterocycles.